The summed E-state index contributed by atoms with van der Waals surface area (Å²) in [5.74, 6) is 0.112. The molecule has 6 nitrogen and oxygen atoms in total. The average molecular weight is 412 g/mol. The Balaban J connectivity index is 1.89. The normalized spacial score (nSPS) is 11.2. The summed E-state index contributed by atoms with van der Waals surface area (Å²) in [6, 6.07) is 9.13. The number of hydrogen-bond acceptors (Lipinski definition) is 5. The van der Waals surface area contributed by atoms with Crippen molar-refractivity contribution in [2.45, 2.75) is 31.6 Å². The van der Waals surface area contributed by atoms with Gasteiger partial charge in [0.25, 0.3) is 0 Å². The fourth-order valence-corrected chi connectivity index (χ4v) is 3.51. The number of phenolic OH excluding ortho intramolecular Hbond substituents is 1. The summed E-state index contributed by atoms with van der Waals surface area (Å²) >= 11 is 5.89. The SMILES string of the molecule is CCS(=O)(=O)c1ccc(O)c(NC(=O)CCCOc2ccc(Cl)cc2C)c1. The monoisotopic (exact) mass is 411 g/mol. The molecule has 1 amide bonds. The van der Waals surface area contributed by atoms with Crippen LogP contribution in [0.5, 0.6) is 11.5 Å². The first kappa shape index (κ1) is 21.1. The highest BCUT2D eigenvalue weighted by Gasteiger charge is 2.15. The van der Waals surface area contributed by atoms with E-state index in [-0.39, 0.29) is 34.4 Å². The van der Waals surface area contributed by atoms with Crippen LogP contribution in [0.4, 0.5) is 5.69 Å². The fraction of sp³-hybridized carbons (Fsp3) is 0.316. The predicted octanol–water partition coefficient (Wildman–Crippen LogP) is 3.95. The van der Waals surface area contributed by atoms with E-state index in [1.54, 1.807) is 18.2 Å². The van der Waals surface area contributed by atoms with Gasteiger partial charge in [0.2, 0.25) is 5.91 Å². The van der Waals surface area contributed by atoms with E-state index in [4.69, 9.17) is 16.3 Å². The first-order chi connectivity index (χ1) is 12.7. The van der Waals surface area contributed by atoms with Gasteiger partial charge in [0.05, 0.1) is 22.9 Å². The average Bonchev–Trinajstić information content (AvgIpc) is 2.62. The molecule has 0 aliphatic carbocycles. The van der Waals surface area contributed by atoms with Gasteiger partial charge in [-0.2, -0.15) is 0 Å². The Morgan fingerprint density at radius 3 is 2.63 bits per heavy atom. The molecule has 146 valence electrons. The topological polar surface area (TPSA) is 92.7 Å². The first-order valence-corrected chi connectivity index (χ1v) is 10.5. The second kappa shape index (κ2) is 9.10. The number of anilines is 1. The van der Waals surface area contributed by atoms with Crippen LogP contribution >= 0.6 is 11.6 Å². The van der Waals surface area contributed by atoms with Gasteiger partial charge in [0.1, 0.15) is 11.5 Å². The minimum Gasteiger partial charge on any atom is -0.506 e. The highest BCUT2D eigenvalue weighted by atomic mass is 35.5. The molecule has 0 unspecified atom stereocenters. The summed E-state index contributed by atoms with van der Waals surface area (Å²) in [6.07, 6.45) is 0.623. The molecule has 0 fully saturated rings. The van der Waals surface area contributed by atoms with Gasteiger partial charge >= 0.3 is 0 Å². The molecule has 0 radical (unpaired) electrons. The van der Waals surface area contributed by atoms with E-state index in [1.807, 2.05) is 6.92 Å². The third-order valence-electron chi connectivity index (χ3n) is 3.92. The summed E-state index contributed by atoms with van der Waals surface area (Å²) in [4.78, 5) is 12.1. The van der Waals surface area contributed by atoms with Crippen molar-refractivity contribution in [2.75, 3.05) is 17.7 Å². The third kappa shape index (κ3) is 5.87. The number of phenols is 1. The molecule has 0 bridgehead atoms. The van der Waals surface area contributed by atoms with E-state index in [0.717, 1.165) is 5.56 Å². The maximum Gasteiger partial charge on any atom is 0.224 e. The van der Waals surface area contributed by atoms with E-state index >= 15 is 0 Å². The van der Waals surface area contributed by atoms with Crippen molar-refractivity contribution in [1.82, 2.24) is 0 Å². The largest absolute Gasteiger partial charge is 0.506 e. The fourth-order valence-electron chi connectivity index (χ4n) is 2.38. The van der Waals surface area contributed by atoms with Crippen LogP contribution in [0.1, 0.15) is 25.3 Å². The van der Waals surface area contributed by atoms with E-state index in [1.165, 1.54) is 25.1 Å². The molecule has 0 atom stereocenters. The van der Waals surface area contributed by atoms with Crippen LogP contribution in [-0.2, 0) is 14.6 Å². The van der Waals surface area contributed by atoms with Gasteiger partial charge in [0.15, 0.2) is 9.84 Å². The van der Waals surface area contributed by atoms with E-state index in [9.17, 15) is 18.3 Å². The van der Waals surface area contributed by atoms with E-state index in [0.29, 0.717) is 23.8 Å². The van der Waals surface area contributed by atoms with E-state index in [2.05, 4.69) is 5.32 Å². The zero-order chi connectivity index (χ0) is 20.0. The van der Waals surface area contributed by atoms with Crippen LogP contribution in [0.15, 0.2) is 41.3 Å². The Hall–Kier alpha value is -2.25. The van der Waals surface area contributed by atoms with Gasteiger partial charge in [-0.3, -0.25) is 4.79 Å². The Morgan fingerprint density at radius 2 is 1.96 bits per heavy atom. The molecular formula is C19H22ClNO5S. The summed E-state index contributed by atoms with van der Waals surface area (Å²) in [7, 11) is -3.42. The van der Waals surface area contributed by atoms with Crippen molar-refractivity contribution in [3.63, 3.8) is 0 Å². The molecule has 27 heavy (non-hydrogen) atoms. The Morgan fingerprint density at radius 1 is 1.22 bits per heavy atom. The molecule has 2 aromatic carbocycles. The van der Waals surface area contributed by atoms with Crippen molar-refractivity contribution in [2.24, 2.45) is 0 Å². The van der Waals surface area contributed by atoms with Crippen LogP contribution in [0, 0.1) is 6.92 Å². The predicted molar refractivity (Wildman–Crippen MR) is 105 cm³/mol. The number of halogens is 1. The molecule has 0 saturated carbocycles. The summed E-state index contributed by atoms with van der Waals surface area (Å²) in [5, 5.41) is 13.0. The lowest BCUT2D eigenvalue weighted by Crippen LogP contribution is -2.14. The number of benzene rings is 2. The summed E-state index contributed by atoms with van der Waals surface area (Å²) in [6.45, 7) is 3.75. The molecule has 0 spiro atoms. The van der Waals surface area contributed by atoms with Gasteiger partial charge in [0, 0.05) is 11.4 Å². The van der Waals surface area contributed by atoms with Gasteiger partial charge in [-0.25, -0.2) is 8.42 Å². The minimum absolute atomic E-state index is 0.0552. The second-order valence-electron chi connectivity index (χ2n) is 5.99. The summed E-state index contributed by atoms with van der Waals surface area (Å²) in [5.41, 5.74) is 0.981. The van der Waals surface area contributed by atoms with Crippen molar-refractivity contribution < 1.29 is 23.1 Å². The number of aryl methyl sites for hydroxylation is 1. The third-order valence-corrected chi connectivity index (χ3v) is 5.89. The molecule has 8 heteroatoms. The van der Waals surface area contributed by atoms with E-state index < -0.39 is 9.84 Å². The van der Waals surface area contributed by atoms with Crippen LogP contribution in [0.3, 0.4) is 0 Å². The molecule has 2 N–H and O–H groups in total. The van der Waals surface area contributed by atoms with Crippen LogP contribution in [0.25, 0.3) is 0 Å². The lowest BCUT2D eigenvalue weighted by atomic mass is 10.2. The van der Waals surface area contributed by atoms with Gasteiger partial charge in [-0.05, 0) is 55.3 Å². The number of carbonyl (C=O) groups excluding carboxylic acids is 1. The lowest BCUT2D eigenvalue weighted by molar-refractivity contribution is -0.116. The van der Waals surface area contributed by atoms with Gasteiger partial charge in [-0.15, -0.1) is 0 Å². The highest BCUT2D eigenvalue weighted by Crippen LogP contribution is 2.27. The molecular weight excluding hydrogens is 390 g/mol. The molecule has 2 rings (SSSR count). The summed E-state index contributed by atoms with van der Waals surface area (Å²) < 4.78 is 29.5. The number of aromatic hydroxyl groups is 1. The maximum atomic E-state index is 12.1. The number of rotatable bonds is 8. The Bertz CT molecular complexity index is 928. The molecule has 0 aliphatic heterocycles. The highest BCUT2D eigenvalue weighted by molar-refractivity contribution is 7.91. The second-order valence-corrected chi connectivity index (χ2v) is 8.71. The van der Waals surface area contributed by atoms with Gasteiger partial charge in [-0.1, -0.05) is 18.5 Å². The first-order valence-electron chi connectivity index (χ1n) is 8.47. The van der Waals surface area contributed by atoms with Crippen molar-refractivity contribution >= 4 is 33.0 Å². The number of ether oxygens (including phenoxy) is 1. The zero-order valence-electron chi connectivity index (χ0n) is 15.2. The number of carbonyl (C=O) groups is 1. The molecule has 0 saturated heterocycles. The van der Waals surface area contributed by atoms with Crippen molar-refractivity contribution in [3.05, 3.63) is 47.0 Å². The smallest absolute Gasteiger partial charge is 0.224 e. The Kier molecular flexibility index (Phi) is 7.10. The van der Waals surface area contributed by atoms with Crippen LogP contribution < -0.4 is 10.1 Å². The van der Waals surface area contributed by atoms with Crippen molar-refractivity contribution in [1.29, 1.82) is 0 Å². The van der Waals surface area contributed by atoms with Crippen LogP contribution in [0.2, 0.25) is 5.02 Å². The van der Waals surface area contributed by atoms with Crippen molar-refractivity contribution in [3.8, 4) is 11.5 Å². The minimum atomic E-state index is -3.42. The number of hydrogen-bond donors (Lipinski definition) is 2. The molecule has 0 heterocycles. The molecule has 0 aliphatic rings. The number of sulfone groups is 1. The van der Waals surface area contributed by atoms with Gasteiger partial charge < -0.3 is 15.2 Å². The zero-order valence-corrected chi connectivity index (χ0v) is 16.7. The lowest BCUT2D eigenvalue weighted by Gasteiger charge is -2.11. The maximum absolute atomic E-state index is 12.1. The van der Waals surface area contributed by atoms with Crippen LogP contribution in [-0.4, -0.2) is 31.8 Å². The molecule has 0 aromatic heterocycles. The standard InChI is InChI=1S/C19H22ClNO5S/c1-3-27(24,25)15-7-8-17(22)16(12-15)21-19(23)5-4-10-26-18-9-6-14(20)11-13(18)2/h6-9,11-12,22H,3-5,10H2,1-2H3,(H,21,23). The number of amides is 1. The Labute approximate surface area is 164 Å². The number of nitrogens with one attached hydrogen (secondary N) is 1. The quantitative estimate of drug-likeness (QED) is 0.507. The molecule has 2 aromatic rings.